The van der Waals surface area contributed by atoms with Gasteiger partial charge in [-0.2, -0.15) is 0 Å². The molecule has 2 amide bonds. The number of nitrogens with zero attached hydrogens (tertiary/aromatic N) is 2. The Morgan fingerprint density at radius 1 is 1.12 bits per heavy atom. The average molecular weight is 360 g/mol. The lowest BCUT2D eigenvalue weighted by molar-refractivity contribution is -0.135. The highest BCUT2D eigenvalue weighted by molar-refractivity contribution is 5.98. The van der Waals surface area contributed by atoms with Gasteiger partial charge >= 0.3 is 0 Å². The van der Waals surface area contributed by atoms with Crippen LogP contribution in [0.4, 0.5) is 0 Å². The van der Waals surface area contributed by atoms with E-state index in [9.17, 15) is 9.59 Å². The fourth-order valence-electron chi connectivity index (χ4n) is 3.49. The second kappa shape index (κ2) is 9.72. The highest BCUT2D eigenvalue weighted by Crippen LogP contribution is 2.13. The molecule has 0 aliphatic carbocycles. The maximum Gasteiger partial charge on any atom is 0.252 e. The number of aryl methyl sites for hydroxylation is 1. The molecule has 26 heavy (non-hydrogen) atoms. The second-order valence-corrected chi connectivity index (χ2v) is 7.64. The summed E-state index contributed by atoms with van der Waals surface area (Å²) in [6, 6.07) is 7.04. The highest BCUT2D eigenvalue weighted by Gasteiger charge is 2.29. The largest absolute Gasteiger partial charge is 0.340 e. The van der Waals surface area contributed by atoms with Crippen molar-refractivity contribution in [2.75, 3.05) is 32.7 Å². The zero-order valence-corrected chi connectivity index (χ0v) is 16.6. The Balaban J connectivity index is 2.03. The van der Waals surface area contributed by atoms with Crippen molar-refractivity contribution in [3.8, 4) is 0 Å². The van der Waals surface area contributed by atoms with Gasteiger partial charge in [-0.25, -0.2) is 0 Å². The lowest BCUT2D eigenvalue weighted by Gasteiger charge is -2.36. The number of piperazine rings is 1. The standard InChI is InChI=1S/C21H33N3O2/c1-5-10-23-11-13-24(14-12-23)21(26)19(15-16(2)3)22-20(25)18-9-7-6-8-17(18)4/h6-9,16,19H,5,10-15H2,1-4H3,(H,22,25)/t19-/m0/s1. The van der Waals surface area contributed by atoms with Crippen molar-refractivity contribution in [2.45, 2.75) is 46.6 Å². The van der Waals surface area contributed by atoms with Crippen molar-refractivity contribution in [1.82, 2.24) is 15.1 Å². The van der Waals surface area contributed by atoms with Gasteiger partial charge in [0.25, 0.3) is 5.91 Å². The van der Waals surface area contributed by atoms with E-state index in [0.717, 1.165) is 44.7 Å². The summed E-state index contributed by atoms with van der Waals surface area (Å²) in [5.41, 5.74) is 1.57. The van der Waals surface area contributed by atoms with E-state index in [1.54, 1.807) is 0 Å². The summed E-state index contributed by atoms with van der Waals surface area (Å²) in [6.07, 6.45) is 1.79. The van der Waals surface area contributed by atoms with E-state index in [1.807, 2.05) is 36.1 Å². The number of nitrogens with one attached hydrogen (secondary N) is 1. The zero-order valence-electron chi connectivity index (χ0n) is 16.6. The molecule has 5 nitrogen and oxygen atoms in total. The molecule has 2 rings (SSSR count). The quantitative estimate of drug-likeness (QED) is 0.814. The van der Waals surface area contributed by atoms with Gasteiger partial charge in [-0.3, -0.25) is 14.5 Å². The summed E-state index contributed by atoms with van der Waals surface area (Å²) < 4.78 is 0. The number of hydrogen-bond donors (Lipinski definition) is 1. The molecule has 1 heterocycles. The molecular formula is C21H33N3O2. The number of carbonyl (C=O) groups excluding carboxylic acids is 2. The minimum Gasteiger partial charge on any atom is -0.340 e. The predicted octanol–water partition coefficient (Wildman–Crippen LogP) is 2.69. The van der Waals surface area contributed by atoms with Gasteiger partial charge in [-0.1, -0.05) is 39.0 Å². The molecule has 1 aliphatic rings. The number of benzene rings is 1. The van der Waals surface area contributed by atoms with E-state index >= 15 is 0 Å². The summed E-state index contributed by atoms with van der Waals surface area (Å²) in [5, 5.41) is 3.00. The van der Waals surface area contributed by atoms with E-state index < -0.39 is 6.04 Å². The first-order valence-corrected chi connectivity index (χ1v) is 9.80. The lowest BCUT2D eigenvalue weighted by Crippen LogP contribution is -2.55. The maximum absolute atomic E-state index is 13.0. The third-order valence-corrected chi connectivity index (χ3v) is 4.92. The molecular weight excluding hydrogens is 326 g/mol. The third kappa shape index (κ3) is 5.56. The SMILES string of the molecule is CCCN1CCN(C(=O)[C@H](CC(C)C)NC(=O)c2ccccc2C)CC1. The molecule has 0 aromatic heterocycles. The van der Waals surface area contributed by atoms with Gasteiger partial charge in [0.2, 0.25) is 5.91 Å². The Hall–Kier alpha value is -1.88. The van der Waals surface area contributed by atoms with E-state index in [0.29, 0.717) is 17.9 Å². The fraction of sp³-hybridized carbons (Fsp3) is 0.619. The molecule has 1 fully saturated rings. The first kappa shape index (κ1) is 20.4. The van der Waals surface area contributed by atoms with Crippen molar-refractivity contribution in [1.29, 1.82) is 0 Å². The van der Waals surface area contributed by atoms with E-state index in [1.165, 1.54) is 0 Å². The van der Waals surface area contributed by atoms with Crippen molar-refractivity contribution in [2.24, 2.45) is 5.92 Å². The monoisotopic (exact) mass is 359 g/mol. The smallest absolute Gasteiger partial charge is 0.252 e. The Labute approximate surface area is 157 Å². The van der Waals surface area contributed by atoms with Crippen LogP contribution in [0.5, 0.6) is 0 Å². The van der Waals surface area contributed by atoms with E-state index in [2.05, 4.69) is 31.0 Å². The molecule has 1 aliphatic heterocycles. The van der Waals surface area contributed by atoms with Gasteiger partial charge in [0, 0.05) is 31.7 Å². The summed E-state index contributed by atoms with van der Waals surface area (Å²) in [7, 11) is 0. The van der Waals surface area contributed by atoms with Gasteiger partial charge in [-0.05, 0) is 43.9 Å². The summed E-state index contributed by atoms with van der Waals surface area (Å²) >= 11 is 0. The van der Waals surface area contributed by atoms with Crippen LogP contribution in [-0.4, -0.2) is 60.4 Å². The molecule has 1 atom stereocenters. The summed E-state index contributed by atoms with van der Waals surface area (Å²) in [5.74, 6) is 0.228. The third-order valence-electron chi connectivity index (χ3n) is 4.92. The van der Waals surface area contributed by atoms with Gasteiger partial charge in [-0.15, -0.1) is 0 Å². The van der Waals surface area contributed by atoms with Crippen molar-refractivity contribution in [3.63, 3.8) is 0 Å². The minimum atomic E-state index is -0.458. The van der Waals surface area contributed by atoms with Crippen molar-refractivity contribution in [3.05, 3.63) is 35.4 Å². The summed E-state index contributed by atoms with van der Waals surface area (Å²) in [6.45, 7) is 12.7. The highest BCUT2D eigenvalue weighted by atomic mass is 16.2. The Kier molecular flexibility index (Phi) is 7.64. The molecule has 144 valence electrons. The van der Waals surface area contributed by atoms with Crippen molar-refractivity contribution < 1.29 is 9.59 Å². The van der Waals surface area contributed by atoms with Crippen LogP contribution in [-0.2, 0) is 4.79 Å². The van der Waals surface area contributed by atoms with Gasteiger partial charge in [0.05, 0.1) is 0 Å². The molecule has 0 spiro atoms. The van der Waals surface area contributed by atoms with Crippen LogP contribution < -0.4 is 5.32 Å². The fourth-order valence-corrected chi connectivity index (χ4v) is 3.49. The van der Waals surface area contributed by atoms with Crippen molar-refractivity contribution >= 4 is 11.8 Å². The van der Waals surface area contributed by atoms with Gasteiger partial charge in [0.1, 0.15) is 6.04 Å². The molecule has 0 radical (unpaired) electrons. The normalized spacial score (nSPS) is 16.6. The first-order chi connectivity index (χ1) is 12.4. The molecule has 1 saturated heterocycles. The molecule has 0 bridgehead atoms. The predicted molar refractivity (Wildman–Crippen MR) is 105 cm³/mol. The Morgan fingerprint density at radius 2 is 1.77 bits per heavy atom. The summed E-state index contributed by atoms with van der Waals surface area (Å²) in [4.78, 5) is 30.0. The van der Waals surface area contributed by atoms with E-state index in [-0.39, 0.29) is 11.8 Å². The number of rotatable bonds is 7. The Bertz CT molecular complexity index is 607. The number of amides is 2. The zero-order chi connectivity index (χ0) is 19.1. The van der Waals surface area contributed by atoms with Crippen LogP contribution >= 0.6 is 0 Å². The topological polar surface area (TPSA) is 52.6 Å². The molecule has 0 saturated carbocycles. The average Bonchev–Trinajstić information content (AvgIpc) is 2.61. The number of carbonyl (C=O) groups is 2. The molecule has 1 aromatic carbocycles. The lowest BCUT2D eigenvalue weighted by atomic mass is 10.0. The van der Waals surface area contributed by atoms with Crippen LogP contribution in [0.25, 0.3) is 0 Å². The van der Waals surface area contributed by atoms with Crippen LogP contribution in [0.3, 0.4) is 0 Å². The van der Waals surface area contributed by atoms with Gasteiger partial charge in [0.15, 0.2) is 0 Å². The molecule has 1 N–H and O–H groups in total. The molecule has 1 aromatic rings. The van der Waals surface area contributed by atoms with E-state index in [4.69, 9.17) is 0 Å². The second-order valence-electron chi connectivity index (χ2n) is 7.64. The number of hydrogen-bond acceptors (Lipinski definition) is 3. The van der Waals surface area contributed by atoms with Crippen LogP contribution in [0.2, 0.25) is 0 Å². The Morgan fingerprint density at radius 3 is 2.35 bits per heavy atom. The molecule has 5 heteroatoms. The van der Waals surface area contributed by atoms with Crippen LogP contribution in [0.15, 0.2) is 24.3 Å². The molecule has 0 unspecified atom stereocenters. The van der Waals surface area contributed by atoms with Crippen LogP contribution in [0, 0.1) is 12.8 Å². The van der Waals surface area contributed by atoms with Gasteiger partial charge < -0.3 is 10.2 Å². The first-order valence-electron chi connectivity index (χ1n) is 9.80. The minimum absolute atomic E-state index is 0.0526. The maximum atomic E-state index is 13.0. The van der Waals surface area contributed by atoms with Crippen LogP contribution in [0.1, 0.15) is 49.5 Å².